The molecule has 0 fully saturated rings. The van der Waals surface area contributed by atoms with Crippen molar-refractivity contribution >= 4 is 16.5 Å². The molecule has 0 atom stereocenters. The molecule has 0 heterocycles. The van der Waals surface area contributed by atoms with Gasteiger partial charge in [-0.3, -0.25) is 4.90 Å². The molecule has 0 bridgehead atoms. The lowest BCUT2D eigenvalue weighted by Crippen LogP contribution is -2.49. The highest BCUT2D eigenvalue weighted by atomic mass is 28.3. The lowest BCUT2D eigenvalue weighted by Gasteiger charge is -2.28. The monoisotopic (exact) mass is 318 g/mol. The minimum Gasteiger partial charge on any atom is -0.336 e. The van der Waals surface area contributed by atoms with Crippen molar-refractivity contribution in [3.8, 4) is 0 Å². The minimum atomic E-state index is -1.13. The van der Waals surface area contributed by atoms with E-state index in [9.17, 15) is 0 Å². The minimum absolute atomic E-state index is 1.12. The first-order chi connectivity index (χ1) is 8.99. The van der Waals surface area contributed by atoms with Crippen molar-refractivity contribution in [2.45, 2.75) is 39.3 Å². The summed E-state index contributed by atoms with van der Waals surface area (Å²) in [6, 6.07) is 0. The lowest BCUT2D eigenvalue weighted by atomic mass is 10.4. The Morgan fingerprint density at radius 1 is 0.650 bits per heavy atom. The fourth-order valence-corrected chi connectivity index (χ4v) is 3.58. The second kappa shape index (κ2) is 9.32. The second-order valence-electron chi connectivity index (χ2n) is 8.00. The molecule has 0 amide bonds. The van der Waals surface area contributed by atoms with Crippen molar-refractivity contribution in [2.75, 3.05) is 53.4 Å². The van der Waals surface area contributed by atoms with Gasteiger partial charge in [-0.15, -0.1) is 0 Å². The van der Waals surface area contributed by atoms with Gasteiger partial charge < -0.3 is 14.9 Å². The Hall–Kier alpha value is 0.274. The standard InChI is InChI=1S/C14H38N4Si2/c1-17(2)13-14-18(11-9-15-19(3,4)5)12-10-16-20(6,7)8/h15-16H,9-14H2,1-8H3. The van der Waals surface area contributed by atoms with Crippen LogP contribution in [0, 0.1) is 0 Å². The highest BCUT2D eigenvalue weighted by Gasteiger charge is 2.14. The predicted octanol–water partition coefficient (Wildman–Crippen LogP) is 1.70. The van der Waals surface area contributed by atoms with Crippen LogP contribution in [0.1, 0.15) is 0 Å². The average molecular weight is 319 g/mol. The largest absolute Gasteiger partial charge is 0.336 e. The molecule has 20 heavy (non-hydrogen) atoms. The van der Waals surface area contributed by atoms with Crippen molar-refractivity contribution in [1.82, 2.24) is 19.8 Å². The first-order valence-corrected chi connectivity index (χ1v) is 14.9. The average Bonchev–Trinajstić information content (AvgIpc) is 2.21. The van der Waals surface area contributed by atoms with Crippen LogP contribution in [0.2, 0.25) is 39.3 Å². The second-order valence-corrected chi connectivity index (χ2v) is 17.7. The van der Waals surface area contributed by atoms with Crippen LogP contribution in [0.15, 0.2) is 0 Å². The van der Waals surface area contributed by atoms with Gasteiger partial charge in [0.25, 0.3) is 0 Å². The maximum Gasteiger partial charge on any atom is 0.116 e. The van der Waals surface area contributed by atoms with E-state index in [0.717, 1.165) is 39.3 Å². The van der Waals surface area contributed by atoms with Gasteiger partial charge in [0.1, 0.15) is 16.5 Å². The van der Waals surface area contributed by atoms with Gasteiger partial charge in [-0.1, -0.05) is 39.3 Å². The maximum absolute atomic E-state index is 3.72. The van der Waals surface area contributed by atoms with Crippen molar-refractivity contribution in [1.29, 1.82) is 0 Å². The highest BCUT2D eigenvalue weighted by Crippen LogP contribution is 1.96. The molecule has 0 aliphatic rings. The van der Waals surface area contributed by atoms with Gasteiger partial charge in [-0.25, -0.2) is 0 Å². The molecule has 0 radical (unpaired) electrons. The SMILES string of the molecule is CN(C)CCN(CCN[Si](C)(C)C)CCN[Si](C)(C)C. The third kappa shape index (κ3) is 14.7. The molecule has 2 N–H and O–H groups in total. The number of hydrogen-bond donors (Lipinski definition) is 2. The fraction of sp³-hybridized carbons (Fsp3) is 1.00. The summed E-state index contributed by atoms with van der Waals surface area (Å²) in [5, 5.41) is 0. The Labute approximate surface area is 129 Å². The molecule has 0 aromatic rings. The van der Waals surface area contributed by atoms with E-state index in [1.165, 1.54) is 0 Å². The van der Waals surface area contributed by atoms with Gasteiger partial charge in [-0.05, 0) is 14.1 Å². The summed E-state index contributed by atoms with van der Waals surface area (Å²) in [7, 11) is 2.05. The van der Waals surface area contributed by atoms with Crippen molar-refractivity contribution in [3.63, 3.8) is 0 Å². The third-order valence-electron chi connectivity index (χ3n) is 3.03. The summed E-state index contributed by atoms with van der Waals surface area (Å²) in [6.07, 6.45) is 0. The van der Waals surface area contributed by atoms with Crippen molar-refractivity contribution in [2.24, 2.45) is 0 Å². The highest BCUT2D eigenvalue weighted by molar-refractivity contribution is 6.73. The Morgan fingerprint density at radius 2 is 1.05 bits per heavy atom. The molecule has 0 spiro atoms. The van der Waals surface area contributed by atoms with Crippen molar-refractivity contribution in [3.05, 3.63) is 0 Å². The maximum atomic E-state index is 3.72. The van der Waals surface area contributed by atoms with Crippen LogP contribution in [0.4, 0.5) is 0 Å². The van der Waals surface area contributed by atoms with Crippen LogP contribution < -0.4 is 9.96 Å². The zero-order chi connectivity index (χ0) is 15.8. The summed E-state index contributed by atoms with van der Waals surface area (Å²) in [6.45, 7) is 21.0. The van der Waals surface area contributed by atoms with Gasteiger partial charge >= 0.3 is 0 Å². The molecular weight excluding hydrogens is 280 g/mol. The first kappa shape index (κ1) is 20.3. The van der Waals surface area contributed by atoms with E-state index in [-0.39, 0.29) is 0 Å². The third-order valence-corrected chi connectivity index (χ3v) is 5.65. The van der Waals surface area contributed by atoms with Crippen LogP contribution >= 0.6 is 0 Å². The van der Waals surface area contributed by atoms with Gasteiger partial charge in [0, 0.05) is 39.3 Å². The molecule has 4 nitrogen and oxygen atoms in total. The molecule has 0 aliphatic heterocycles. The topological polar surface area (TPSA) is 30.5 Å². The van der Waals surface area contributed by atoms with Gasteiger partial charge in [0.2, 0.25) is 0 Å². The van der Waals surface area contributed by atoms with Crippen molar-refractivity contribution < 1.29 is 0 Å². The fourth-order valence-electron chi connectivity index (χ4n) is 1.85. The smallest absolute Gasteiger partial charge is 0.116 e. The number of nitrogens with one attached hydrogen (secondary N) is 2. The lowest BCUT2D eigenvalue weighted by molar-refractivity contribution is 0.247. The van der Waals surface area contributed by atoms with Gasteiger partial charge in [0.05, 0.1) is 0 Å². The van der Waals surface area contributed by atoms with Crippen LogP contribution in [0.5, 0.6) is 0 Å². The Balaban J connectivity index is 4.06. The van der Waals surface area contributed by atoms with E-state index in [2.05, 4.69) is 73.1 Å². The molecule has 122 valence electrons. The molecule has 0 aromatic heterocycles. The number of rotatable bonds is 11. The number of hydrogen-bond acceptors (Lipinski definition) is 4. The summed E-state index contributed by atoms with van der Waals surface area (Å²) < 4.78 is 0. The molecule has 0 saturated heterocycles. The Kier molecular flexibility index (Phi) is 9.45. The molecule has 0 aliphatic carbocycles. The van der Waals surface area contributed by atoms with Gasteiger partial charge in [-0.2, -0.15) is 0 Å². The first-order valence-electron chi connectivity index (χ1n) is 7.87. The molecule has 0 unspecified atom stereocenters. The van der Waals surface area contributed by atoms with E-state index < -0.39 is 16.5 Å². The van der Waals surface area contributed by atoms with E-state index >= 15 is 0 Å². The zero-order valence-electron chi connectivity index (χ0n) is 15.1. The van der Waals surface area contributed by atoms with E-state index in [0.29, 0.717) is 0 Å². The number of likely N-dealkylation sites (N-methyl/N-ethyl adjacent to an activating group) is 1. The summed E-state index contributed by atoms with van der Waals surface area (Å²) in [4.78, 5) is 12.3. The summed E-state index contributed by atoms with van der Waals surface area (Å²) >= 11 is 0. The van der Waals surface area contributed by atoms with Gasteiger partial charge in [0.15, 0.2) is 0 Å². The number of nitrogens with zero attached hydrogens (tertiary/aromatic N) is 2. The molecule has 0 saturated carbocycles. The quantitative estimate of drug-likeness (QED) is 0.568. The van der Waals surface area contributed by atoms with Crippen LogP contribution in [-0.4, -0.2) is 79.6 Å². The van der Waals surface area contributed by atoms with E-state index in [1.807, 2.05) is 0 Å². The van der Waals surface area contributed by atoms with Crippen LogP contribution in [0.3, 0.4) is 0 Å². The van der Waals surface area contributed by atoms with E-state index in [1.54, 1.807) is 0 Å². The molecule has 0 aromatic carbocycles. The summed E-state index contributed by atoms with van der Waals surface area (Å²) in [5.41, 5.74) is 0. The molecular formula is C14H38N4Si2. The molecule has 0 rings (SSSR count). The summed E-state index contributed by atoms with van der Waals surface area (Å²) in [5.74, 6) is 0. The Morgan fingerprint density at radius 3 is 1.35 bits per heavy atom. The normalized spacial score (nSPS) is 13.5. The molecule has 6 heteroatoms. The van der Waals surface area contributed by atoms with E-state index in [4.69, 9.17) is 0 Å². The predicted molar refractivity (Wildman–Crippen MR) is 97.7 cm³/mol. The van der Waals surface area contributed by atoms with Crippen LogP contribution in [0.25, 0.3) is 0 Å². The van der Waals surface area contributed by atoms with Crippen LogP contribution in [-0.2, 0) is 0 Å². The zero-order valence-corrected chi connectivity index (χ0v) is 17.1. The Bertz CT molecular complexity index is 227.